The standard InChI is InChI=1S/C22H17ClN2O9/c1-11(26)32-18-6-15(7-19(33-12(2)27)21(18)34-13(3)28)22(30)31-10-20(29)25-17-8-16(23)5-4-14(17)9-24/h4-8H,10H2,1-3H3,(H,25,29). The Labute approximate surface area is 198 Å². The zero-order valence-electron chi connectivity index (χ0n) is 18.1. The average Bonchev–Trinajstić information content (AvgIpc) is 2.73. The molecular weight excluding hydrogens is 472 g/mol. The van der Waals surface area contributed by atoms with Crippen LogP contribution in [0.3, 0.4) is 0 Å². The van der Waals surface area contributed by atoms with Crippen LogP contribution in [0.15, 0.2) is 30.3 Å². The minimum Gasteiger partial charge on any atom is -0.452 e. The van der Waals surface area contributed by atoms with Crippen molar-refractivity contribution in [3.63, 3.8) is 0 Å². The number of halogens is 1. The minimum absolute atomic E-state index is 0.121. The van der Waals surface area contributed by atoms with Gasteiger partial charge in [0.05, 0.1) is 16.8 Å². The van der Waals surface area contributed by atoms with Crippen LogP contribution in [0.2, 0.25) is 5.02 Å². The predicted molar refractivity (Wildman–Crippen MR) is 115 cm³/mol. The molecule has 0 saturated heterocycles. The maximum absolute atomic E-state index is 12.5. The van der Waals surface area contributed by atoms with Crippen LogP contribution in [0, 0.1) is 11.3 Å². The van der Waals surface area contributed by atoms with Crippen molar-refractivity contribution in [1.82, 2.24) is 0 Å². The number of hydrogen-bond acceptors (Lipinski definition) is 10. The topological polar surface area (TPSA) is 158 Å². The smallest absolute Gasteiger partial charge is 0.338 e. The molecule has 0 saturated carbocycles. The molecule has 0 aromatic heterocycles. The van der Waals surface area contributed by atoms with E-state index in [-0.39, 0.29) is 21.8 Å². The highest BCUT2D eigenvalue weighted by atomic mass is 35.5. The highest BCUT2D eigenvalue weighted by Crippen LogP contribution is 2.39. The van der Waals surface area contributed by atoms with Gasteiger partial charge in [0.25, 0.3) is 5.91 Å². The number of nitriles is 1. The van der Waals surface area contributed by atoms with Crippen LogP contribution in [0.25, 0.3) is 0 Å². The van der Waals surface area contributed by atoms with Crippen molar-refractivity contribution in [3.05, 3.63) is 46.5 Å². The molecule has 0 bridgehead atoms. The van der Waals surface area contributed by atoms with Crippen molar-refractivity contribution in [2.45, 2.75) is 20.8 Å². The monoisotopic (exact) mass is 488 g/mol. The molecule has 176 valence electrons. The Bertz CT molecular complexity index is 1180. The number of carbonyl (C=O) groups is 5. The Morgan fingerprint density at radius 2 is 1.47 bits per heavy atom. The Hall–Kier alpha value is -4.43. The summed E-state index contributed by atoms with van der Waals surface area (Å²) >= 11 is 5.86. The predicted octanol–water partition coefficient (Wildman–Crippen LogP) is 2.78. The summed E-state index contributed by atoms with van der Waals surface area (Å²) in [5.41, 5.74) is -0.0186. The molecule has 1 amide bonds. The van der Waals surface area contributed by atoms with E-state index < -0.39 is 53.6 Å². The fraction of sp³-hybridized carbons (Fsp3) is 0.182. The van der Waals surface area contributed by atoms with Gasteiger partial charge in [-0.15, -0.1) is 0 Å². The van der Waals surface area contributed by atoms with Crippen molar-refractivity contribution in [3.8, 4) is 23.3 Å². The summed E-state index contributed by atoms with van der Waals surface area (Å²) in [6.07, 6.45) is 0. The number of nitrogens with one attached hydrogen (secondary N) is 1. The fourth-order valence-corrected chi connectivity index (χ4v) is 2.69. The quantitative estimate of drug-likeness (QED) is 0.453. The first-order valence-corrected chi connectivity index (χ1v) is 9.78. The molecule has 0 unspecified atom stereocenters. The summed E-state index contributed by atoms with van der Waals surface area (Å²) in [6.45, 7) is 2.43. The van der Waals surface area contributed by atoms with Crippen molar-refractivity contribution < 1.29 is 42.9 Å². The third-order valence-electron chi connectivity index (χ3n) is 3.72. The Morgan fingerprint density at radius 3 is 1.97 bits per heavy atom. The van der Waals surface area contributed by atoms with Crippen molar-refractivity contribution >= 4 is 47.1 Å². The number of nitrogens with zero attached hydrogens (tertiary/aromatic N) is 1. The molecule has 2 rings (SSSR count). The molecule has 0 atom stereocenters. The third-order valence-corrected chi connectivity index (χ3v) is 3.96. The normalized spacial score (nSPS) is 9.85. The summed E-state index contributed by atoms with van der Waals surface area (Å²) < 4.78 is 19.8. The van der Waals surface area contributed by atoms with Crippen LogP contribution in [0.4, 0.5) is 5.69 Å². The average molecular weight is 489 g/mol. The van der Waals surface area contributed by atoms with Crippen molar-refractivity contribution in [1.29, 1.82) is 5.26 Å². The molecule has 0 spiro atoms. The highest BCUT2D eigenvalue weighted by Gasteiger charge is 2.23. The summed E-state index contributed by atoms with van der Waals surface area (Å²) in [6, 6.07) is 8.13. The summed E-state index contributed by atoms with van der Waals surface area (Å²) in [4.78, 5) is 59.1. The van der Waals surface area contributed by atoms with Gasteiger partial charge in [-0.3, -0.25) is 19.2 Å². The molecule has 11 nitrogen and oxygen atoms in total. The van der Waals surface area contributed by atoms with Gasteiger partial charge in [-0.1, -0.05) is 11.6 Å². The van der Waals surface area contributed by atoms with Gasteiger partial charge in [0.1, 0.15) is 6.07 Å². The zero-order valence-corrected chi connectivity index (χ0v) is 18.8. The Morgan fingerprint density at radius 1 is 0.912 bits per heavy atom. The summed E-state index contributed by atoms with van der Waals surface area (Å²) in [5, 5.41) is 11.8. The van der Waals surface area contributed by atoms with Gasteiger partial charge in [0.15, 0.2) is 18.1 Å². The van der Waals surface area contributed by atoms with Gasteiger partial charge in [-0.05, 0) is 30.3 Å². The van der Waals surface area contributed by atoms with Crippen LogP contribution in [-0.4, -0.2) is 36.4 Å². The van der Waals surface area contributed by atoms with Gasteiger partial charge in [-0.25, -0.2) is 4.79 Å². The van der Waals surface area contributed by atoms with E-state index in [0.29, 0.717) is 0 Å². The number of anilines is 1. The molecule has 12 heteroatoms. The molecule has 0 radical (unpaired) electrons. The molecule has 34 heavy (non-hydrogen) atoms. The second-order valence-electron chi connectivity index (χ2n) is 6.51. The number of amides is 1. The van der Waals surface area contributed by atoms with Gasteiger partial charge >= 0.3 is 23.9 Å². The lowest BCUT2D eigenvalue weighted by Gasteiger charge is -2.14. The molecule has 0 aliphatic rings. The highest BCUT2D eigenvalue weighted by molar-refractivity contribution is 6.31. The molecule has 2 aromatic carbocycles. The molecular formula is C22H17ClN2O9. The largest absolute Gasteiger partial charge is 0.452 e. The summed E-state index contributed by atoms with van der Waals surface area (Å²) in [5.74, 6) is -5.47. The molecule has 1 N–H and O–H groups in total. The van der Waals surface area contributed by atoms with E-state index in [4.69, 9.17) is 35.8 Å². The van der Waals surface area contributed by atoms with E-state index in [0.717, 1.165) is 32.9 Å². The first kappa shape index (κ1) is 25.8. The SMILES string of the molecule is CC(=O)Oc1cc(C(=O)OCC(=O)Nc2cc(Cl)ccc2C#N)cc(OC(C)=O)c1OC(C)=O. The van der Waals surface area contributed by atoms with E-state index in [9.17, 15) is 24.0 Å². The van der Waals surface area contributed by atoms with E-state index >= 15 is 0 Å². The second kappa shape index (κ2) is 11.4. The second-order valence-corrected chi connectivity index (χ2v) is 6.95. The first-order valence-electron chi connectivity index (χ1n) is 9.40. The van der Waals surface area contributed by atoms with Crippen LogP contribution in [0.1, 0.15) is 36.7 Å². The third kappa shape index (κ3) is 7.32. The molecule has 0 heterocycles. The van der Waals surface area contributed by atoms with Crippen molar-refractivity contribution in [2.75, 3.05) is 11.9 Å². The lowest BCUT2D eigenvalue weighted by atomic mass is 10.2. The number of rotatable bonds is 7. The van der Waals surface area contributed by atoms with E-state index in [2.05, 4.69) is 5.32 Å². The van der Waals surface area contributed by atoms with Crippen LogP contribution >= 0.6 is 11.6 Å². The number of benzene rings is 2. The maximum Gasteiger partial charge on any atom is 0.338 e. The van der Waals surface area contributed by atoms with Crippen LogP contribution in [-0.2, 0) is 23.9 Å². The van der Waals surface area contributed by atoms with Gasteiger partial charge in [0.2, 0.25) is 5.75 Å². The van der Waals surface area contributed by atoms with E-state index in [1.807, 2.05) is 6.07 Å². The number of ether oxygens (including phenoxy) is 4. The molecule has 0 fully saturated rings. The molecule has 2 aromatic rings. The number of carbonyl (C=O) groups excluding carboxylic acids is 5. The van der Waals surface area contributed by atoms with Gasteiger partial charge < -0.3 is 24.3 Å². The Kier molecular flexibility index (Phi) is 8.69. The number of hydrogen-bond donors (Lipinski definition) is 1. The van der Waals surface area contributed by atoms with Gasteiger partial charge in [0, 0.05) is 25.8 Å². The van der Waals surface area contributed by atoms with E-state index in [1.165, 1.54) is 18.2 Å². The fourth-order valence-electron chi connectivity index (χ4n) is 2.52. The number of esters is 4. The van der Waals surface area contributed by atoms with Crippen LogP contribution in [0.5, 0.6) is 17.2 Å². The molecule has 0 aliphatic carbocycles. The molecule has 0 aliphatic heterocycles. The first-order chi connectivity index (χ1) is 16.0. The minimum atomic E-state index is -1.06. The lowest BCUT2D eigenvalue weighted by Crippen LogP contribution is -2.21. The Balaban J connectivity index is 2.27. The maximum atomic E-state index is 12.5. The van der Waals surface area contributed by atoms with E-state index in [1.54, 1.807) is 0 Å². The van der Waals surface area contributed by atoms with Gasteiger partial charge in [-0.2, -0.15) is 5.26 Å². The van der Waals surface area contributed by atoms with Crippen molar-refractivity contribution in [2.24, 2.45) is 0 Å². The summed E-state index contributed by atoms with van der Waals surface area (Å²) in [7, 11) is 0. The zero-order chi connectivity index (χ0) is 25.4. The van der Waals surface area contributed by atoms with Crippen LogP contribution < -0.4 is 19.5 Å². The lowest BCUT2D eigenvalue weighted by molar-refractivity contribution is -0.135.